The lowest BCUT2D eigenvalue weighted by Gasteiger charge is -2.34. The molecule has 0 amide bonds. The molecule has 1 atom stereocenters. The predicted molar refractivity (Wildman–Crippen MR) is 87.3 cm³/mol. The largest absolute Gasteiger partial charge is 0.369 e. The van der Waals surface area contributed by atoms with Crippen molar-refractivity contribution in [3.8, 4) is 0 Å². The summed E-state index contributed by atoms with van der Waals surface area (Å²) in [7, 11) is 0. The summed E-state index contributed by atoms with van der Waals surface area (Å²) in [6, 6.07) is 0.623. The second kappa shape index (κ2) is 6.50. The minimum Gasteiger partial charge on any atom is -0.369 e. The summed E-state index contributed by atoms with van der Waals surface area (Å²) in [4.78, 5) is 0. The van der Waals surface area contributed by atoms with Gasteiger partial charge in [0.15, 0.2) is 0 Å². The lowest BCUT2D eigenvalue weighted by Crippen LogP contribution is -2.30. The van der Waals surface area contributed by atoms with Crippen molar-refractivity contribution in [3.63, 3.8) is 0 Å². The number of rotatable bonds is 4. The average Bonchev–Trinajstić information content (AvgIpc) is 2.83. The standard InChI is InChI=1S/C16H26BrN3/c1-2-3-9-13-15(17)16-18-11-10-14(20(16)19-13)12-7-5-4-6-8-12/h12,14,18H,2-11H2,1H3. The van der Waals surface area contributed by atoms with E-state index in [9.17, 15) is 0 Å². The molecule has 0 saturated heterocycles. The first-order valence-corrected chi connectivity index (χ1v) is 9.11. The maximum atomic E-state index is 4.95. The van der Waals surface area contributed by atoms with Gasteiger partial charge in [-0.15, -0.1) is 0 Å². The molecule has 1 unspecified atom stereocenters. The van der Waals surface area contributed by atoms with Crippen LogP contribution < -0.4 is 5.32 Å². The maximum Gasteiger partial charge on any atom is 0.139 e. The Hall–Kier alpha value is -0.510. The van der Waals surface area contributed by atoms with Gasteiger partial charge in [0.1, 0.15) is 5.82 Å². The van der Waals surface area contributed by atoms with Gasteiger partial charge in [0.25, 0.3) is 0 Å². The fourth-order valence-electron chi connectivity index (χ4n) is 3.78. The number of nitrogens with one attached hydrogen (secondary N) is 1. The van der Waals surface area contributed by atoms with E-state index in [2.05, 4.69) is 32.9 Å². The molecule has 112 valence electrons. The number of halogens is 1. The number of anilines is 1. The van der Waals surface area contributed by atoms with E-state index in [4.69, 9.17) is 5.10 Å². The van der Waals surface area contributed by atoms with Crippen LogP contribution in [0.4, 0.5) is 5.82 Å². The van der Waals surface area contributed by atoms with Crippen molar-refractivity contribution in [2.75, 3.05) is 11.9 Å². The third-order valence-electron chi connectivity index (χ3n) is 4.93. The minimum absolute atomic E-state index is 0.623. The number of fused-ring (bicyclic) bond motifs is 1. The van der Waals surface area contributed by atoms with Crippen LogP contribution in [-0.2, 0) is 6.42 Å². The van der Waals surface area contributed by atoms with Crippen molar-refractivity contribution in [2.24, 2.45) is 5.92 Å². The molecule has 2 aliphatic rings. The van der Waals surface area contributed by atoms with Gasteiger partial charge >= 0.3 is 0 Å². The summed E-state index contributed by atoms with van der Waals surface area (Å²) in [6.07, 6.45) is 11.8. The first-order chi connectivity index (χ1) is 9.81. The van der Waals surface area contributed by atoms with Crippen molar-refractivity contribution >= 4 is 21.7 Å². The molecule has 3 rings (SSSR count). The lowest BCUT2D eigenvalue weighted by molar-refractivity contribution is 0.222. The Morgan fingerprint density at radius 3 is 2.80 bits per heavy atom. The molecule has 3 nitrogen and oxygen atoms in total. The van der Waals surface area contributed by atoms with Crippen molar-refractivity contribution in [1.82, 2.24) is 9.78 Å². The Morgan fingerprint density at radius 2 is 2.05 bits per heavy atom. The number of nitrogens with zero attached hydrogens (tertiary/aromatic N) is 2. The van der Waals surface area contributed by atoms with E-state index in [1.807, 2.05) is 0 Å². The molecule has 1 aromatic heterocycles. The van der Waals surface area contributed by atoms with Gasteiger partial charge in [0.05, 0.1) is 16.2 Å². The van der Waals surface area contributed by atoms with Gasteiger partial charge in [0, 0.05) is 6.54 Å². The van der Waals surface area contributed by atoms with Crippen LogP contribution in [0.15, 0.2) is 4.47 Å². The third-order valence-corrected chi connectivity index (χ3v) is 5.76. The maximum absolute atomic E-state index is 4.95. The van der Waals surface area contributed by atoms with Gasteiger partial charge in [-0.05, 0) is 54.0 Å². The minimum atomic E-state index is 0.623. The Bertz CT molecular complexity index is 449. The number of unbranched alkanes of at least 4 members (excludes halogenated alkanes) is 1. The van der Waals surface area contributed by atoms with Crippen molar-refractivity contribution in [1.29, 1.82) is 0 Å². The fraction of sp³-hybridized carbons (Fsp3) is 0.812. The van der Waals surface area contributed by atoms with Gasteiger partial charge in [0.2, 0.25) is 0 Å². The van der Waals surface area contributed by atoms with Gasteiger partial charge in [-0.25, -0.2) is 4.68 Å². The third kappa shape index (κ3) is 2.76. The quantitative estimate of drug-likeness (QED) is 0.843. The Morgan fingerprint density at radius 1 is 1.25 bits per heavy atom. The summed E-state index contributed by atoms with van der Waals surface area (Å²) >= 11 is 3.77. The molecular weight excluding hydrogens is 314 g/mol. The summed E-state index contributed by atoms with van der Waals surface area (Å²) < 4.78 is 3.53. The average molecular weight is 340 g/mol. The second-order valence-corrected chi connectivity index (χ2v) is 7.13. The summed E-state index contributed by atoms with van der Waals surface area (Å²) in [6.45, 7) is 3.34. The fourth-order valence-corrected chi connectivity index (χ4v) is 4.38. The normalized spacial score (nSPS) is 23.4. The van der Waals surface area contributed by atoms with Crippen LogP contribution in [0.5, 0.6) is 0 Å². The van der Waals surface area contributed by atoms with Gasteiger partial charge in [-0.1, -0.05) is 32.6 Å². The van der Waals surface area contributed by atoms with Crippen LogP contribution in [0.3, 0.4) is 0 Å². The highest BCUT2D eigenvalue weighted by Crippen LogP contribution is 2.41. The highest BCUT2D eigenvalue weighted by atomic mass is 79.9. The monoisotopic (exact) mass is 339 g/mol. The van der Waals surface area contributed by atoms with Crippen LogP contribution in [-0.4, -0.2) is 16.3 Å². The van der Waals surface area contributed by atoms with E-state index in [-0.39, 0.29) is 0 Å². The summed E-state index contributed by atoms with van der Waals surface area (Å²) in [5.41, 5.74) is 1.25. The zero-order valence-corrected chi connectivity index (χ0v) is 14.1. The number of hydrogen-bond acceptors (Lipinski definition) is 2. The van der Waals surface area contributed by atoms with E-state index >= 15 is 0 Å². The molecule has 1 saturated carbocycles. The first kappa shape index (κ1) is 14.4. The topological polar surface area (TPSA) is 29.9 Å². The smallest absolute Gasteiger partial charge is 0.139 e. The van der Waals surface area contributed by atoms with Gasteiger partial charge in [-0.2, -0.15) is 5.10 Å². The molecule has 1 fully saturated rings. The molecule has 4 heteroatoms. The lowest BCUT2D eigenvalue weighted by atomic mass is 9.82. The van der Waals surface area contributed by atoms with E-state index < -0.39 is 0 Å². The van der Waals surface area contributed by atoms with Gasteiger partial charge < -0.3 is 5.32 Å². The first-order valence-electron chi connectivity index (χ1n) is 8.32. The highest BCUT2D eigenvalue weighted by molar-refractivity contribution is 9.10. The molecule has 0 bridgehead atoms. The molecule has 1 aliphatic carbocycles. The van der Waals surface area contributed by atoms with Crippen LogP contribution >= 0.6 is 15.9 Å². The summed E-state index contributed by atoms with van der Waals surface area (Å²) in [5.74, 6) is 2.08. The molecule has 20 heavy (non-hydrogen) atoms. The van der Waals surface area contributed by atoms with Crippen molar-refractivity contribution in [2.45, 2.75) is 70.8 Å². The Kier molecular flexibility index (Phi) is 4.69. The molecule has 1 aliphatic heterocycles. The van der Waals surface area contributed by atoms with Crippen LogP contribution in [0.2, 0.25) is 0 Å². The van der Waals surface area contributed by atoms with E-state index in [0.29, 0.717) is 6.04 Å². The molecular formula is C16H26BrN3. The van der Waals surface area contributed by atoms with Crippen LogP contribution in [0, 0.1) is 5.92 Å². The van der Waals surface area contributed by atoms with Gasteiger partial charge in [-0.3, -0.25) is 0 Å². The van der Waals surface area contributed by atoms with Crippen LogP contribution in [0.25, 0.3) is 0 Å². The number of aromatic nitrogens is 2. The van der Waals surface area contributed by atoms with Crippen molar-refractivity contribution in [3.05, 3.63) is 10.2 Å². The Balaban J connectivity index is 1.83. The SMILES string of the molecule is CCCCc1nn2c(c1Br)NCCC2C1CCCCC1. The molecule has 1 N–H and O–H groups in total. The van der Waals surface area contributed by atoms with Crippen molar-refractivity contribution < 1.29 is 0 Å². The van der Waals surface area contributed by atoms with E-state index in [0.717, 1.165) is 18.9 Å². The molecule has 2 heterocycles. The molecule has 0 aromatic carbocycles. The van der Waals surface area contributed by atoms with E-state index in [1.54, 1.807) is 0 Å². The second-order valence-electron chi connectivity index (χ2n) is 6.34. The Labute approximate surface area is 130 Å². The number of aryl methyl sites for hydroxylation is 1. The predicted octanol–water partition coefficient (Wildman–Crippen LogP) is 4.93. The molecule has 0 radical (unpaired) electrons. The number of hydrogen-bond donors (Lipinski definition) is 1. The molecule has 1 aromatic rings. The highest BCUT2D eigenvalue weighted by Gasteiger charge is 2.31. The van der Waals surface area contributed by atoms with E-state index in [1.165, 1.54) is 67.4 Å². The zero-order chi connectivity index (χ0) is 13.9. The molecule has 0 spiro atoms. The zero-order valence-electron chi connectivity index (χ0n) is 12.5. The summed E-state index contributed by atoms with van der Waals surface area (Å²) in [5, 5.41) is 8.50. The van der Waals surface area contributed by atoms with Crippen LogP contribution in [0.1, 0.15) is 70.0 Å².